The molecule has 1 amide bonds. The van der Waals surface area contributed by atoms with Gasteiger partial charge in [0.25, 0.3) is 0 Å². The van der Waals surface area contributed by atoms with Crippen LogP contribution >= 0.6 is 0 Å². The summed E-state index contributed by atoms with van der Waals surface area (Å²) >= 11 is 0. The van der Waals surface area contributed by atoms with Crippen molar-refractivity contribution < 1.29 is 13.2 Å². The molecular weight excluding hydrogens is 252 g/mol. The van der Waals surface area contributed by atoms with E-state index in [0.717, 1.165) is 0 Å². The van der Waals surface area contributed by atoms with E-state index in [2.05, 4.69) is 12.2 Å². The molecule has 0 aliphatic heterocycles. The lowest BCUT2D eigenvalue weighted by Gasteiger charge is -2.27. The third-order valence-electron chi connectivity index (χ3n) is 3.67. The summed E-state index contributed by atoms with van der Waals surface area (Å²) in [7, 11) is -3.48. The molecule has 0 radical (unpaired) electrons. The van der Waals surface area contributed by atoms with Crippen LogP contribution in [0.2, 0.25) is 0 Å². The van der Waals surface area contributed by atoms with Crippen molar-refractivity contribution >= 4 is 15.9 Å². The van der Waals surface area contributed by atoms with Gasteiger partial charge in [0.05, 0.1) is 5.75 Å². The molecule has 0 aromatic carbocycles. The van der Waals surface area contributed by atoms with Crippen LogP contribution < -0.4 is 10.5 Å². The van der Waals surface area contributed by atoms with Gasteiger partial charge in [-0.3, -0.25) is 4.79 Å². The third-order valence-corrected chi connectivity index (χ3v) is 4.44. The summed E-state index contributed by atoms with van der Waals surface area (Å²) in [5.41, 5.74) is 0. The van der Waals surface area contributed by atoms with Crippen molar-refractivity contribution in [3.05, 3.63) is 0 Å². The van der Waals surface area contributed by atoms with Gasteiger partial charge in [0.2, 0.25) is 15.9 Å². The van der Waals surface area contributed by atoms with Gasteiger partial charge in [0.1, 0.15) is 0 Å². The van der Waals surface area contributed by atoms with Crippen LogP contribution in [-0.4, -0.2) is 26.6 Å². The van der Waals surface area contributed by atoms with Gasteiger partial charge in [-0.1, -0.05) is 39.0 Å². The average molecular weight is 276 g/mol. The van der Waals surface area contributed by atoms with E-state index < -0.39 is 10.0 Å². The monoisotopic (exact) mass is 276 g/mol. The zero-order valence-electron chi connectivity index (χ0n) is 11.0. The van der Waals surface area contributed by atoms with Gasteiger partial charge in [-0.15, -0.1) is 0 Å². The summed E-state index contributed by atoms with van der Waals surface area (Å²) in [4.78, 5) is 11.6. The molecule has 1 aliphatic rings. The number of amides is 1. The largest absolute Gasteiger partial charge is 0.355 e. The maximum Gasteiger partial charge on any atom is 0.220 e. The van der Waals surface area contributed by atoms with Crippen molar-refractivity contribution in [2.24, 2.45) is 17.0 Å². The van der Waals surface area contributed by atoms with Gasteiger partial charge in [0, 0.05) is 13.0 Å². The summed E-state index contributed by atoms with van der Waals surface area (Å²) in [6, 6.07) is 0. The Hall–Kier alpha value is -0.620. The number of carbonyl (C=O) groups is 1. The van der Waals surface area contributed by atoms with Crippen LogP contribution in [-0.2, 0) is 14.8 Å². The minimum atomic E-state index is -3.48. The van der Waals surface area contributed by atoms with Gasteiger partial charge >= 0.3 is 0 Å². The number of nitrogens with one attached hydrogen (secondary N) is 1. The van der Waals surface area contributed by atoms with Crippen LogP contribution in [0.25, 0.3) is 0 Å². The average Bonchev–Trinajstić information content (AvgIpc) is 2.28. The van der Waals surface area contributed by atoms with Crippen molar-refractivity contribution in [2.75, 3.05) is 12.3 Å². The molecule has 6 heteroatoms. The van der Waals surface area contributed by atoms with E-state index in [-0.39, 0.29) is 18.2 Å². The second-order valence-corrected chi connectivity index (χ2v) is 7.03. The Morgan fingerprint density at radius 2 is 1.94 bits per heavy atom. The van der Waals surface area contributed by atoms with E-state index >= 15 is 0 Å². The van der Waals surface area contributed by atoms with Gasteiger partial charge < -0.3 is 5.32 Å². The number of primary sulfonamides is 1. The molecule has 3 N–H and O–H groups in total. The molecule has 1 aliphatic carbocycles. The second kappa shape index (κ2) is 7.09. The maximum atomic E-state index is 11.6. The van der Waals surface area contributed by atoms with Gasteiger partial charge in [-0.25, -0.2) is 13.6 Å². The molecule has 0 spiro atoms. The van der Waals surface area contributed by atoms with Gasteiger partial charge in [0.15, 0.2) is 0 Å². The first-order chi connectivity index (χ1) is 8.38. The van der Waals surface area contributed by atoms with E-state index in [9.17, 15) is 13.2 Å². The summed E-state index contributed by atoms with van der Waals surface area (Å²) in [5, 5.41) is 7.47. The molecule has 0 unspecified atom stereocenters. The SMILES string of the molecule is C[C@H](CC(=O)NCCS(N)(=O)=O)C1CCCCC1. The number of carbonyl (C=O) groups excluding carboxylic acids is 1. The van der Waals surface area contributed by atoms with Crippen molar-refractivity contribution in [2.45, 2.75) is 45.4 Å². The standard InChI is InChI=1S/C12H24N2O3S/c1-10(11-5-3-2-4-6-11)9-12(15)14-7-8-18(13,16)17/h10-11H,2-9H2,1H3,(H,14,15)(H2,13,16,17)/t10-/m1/s1. The Labute approximate surface area is 110 Å². The molecule has 0 saturated heterocycles. The van der Waals surface area contributed by atoms with Crippen molar-refractivity contribution in [3.8, 4) is 0 Å². The predicted octanol–water partition coefficient (Wildman–Crippen LogP) is 0.998. The van der Waals surface area contributed by atoms with Crippen LogP contribution in [0.3, 0.4) is 0 Å². The van der Waals surface area contributed by atoms with E-state index in [4.69, 9.17) is 5.14 Å². The van der Waals surface area contributed by atoms with Crippen LogP contribution in [0.5, 0.6) is 0 Å². The Morgan fingerprint density at radius 3 is 2.50 bits per heavy atom. The Bertz CT molecular complexity index is 362. The highest BCUT2D eigenvalue weighted by Gasteiger charge is 2.22. The maximum absolute atomic E-state index is 11.6. The lowest BCUT2D eigenvalue weighted by Crippen LogP contribution is -2.33. The minimum Gasteiger partial charge on any atom is -0.355 e. The zero-order valence-corrected chi connectivity index (χ0v) is 11.8. The first-order valence-electron chi connectivity index (χ1n) is 6.65. The molecule has 0 heterocycles. The molecule has 0 bridgehead atoms. The smallest absolute Gasteiger partial charge is 0.220 e. The second-order valence-electron chi connectivity index (χ2n) is 5.30. The summed E-state index contributed by atoms with van der Waals surface area (Å²) in [5.74, 6) is 0.746. The Morgan fingerprint density at radius 1 is 1.33 bits per heavy atom. The summed E-state index contributed by atoms with van der Waals surface area (Å²) < 4.78 is 21.4. The fourth-order valence-corrected chi connectivity index (χ4v) is 2.95. The Kier molecular flexibility index (Phi) is 6.08. The zero-order chi connectivity index (χ0) is 13.6. The topological polar surface area (TPSA) is 89.3 Å². The normalized spacial score (nSPS) is 19.4. The fourth-order valence-electron chi connectivity index (χ4n) is 2.57. The number of hydrogen-bond donors (Lipinski definition) is 2. The molecular formula is C12H24N2O3S. The first-order valence-corrected chi connectivity index (χ1v) is 8.37. The van der Waals surface area contributed by atoms with Gasteiger partial charge in [-0.05, 0) is 11.8 Å². The van der Waals surface area contributed by atoms with E-state index in [1.54, 1.807) is 0 Å². The van der Waals surface area contributed by atoms with Crippen molar-refractivity contribution in [1.82, 2.24) is 5.32 Å². The molecule has 1 saturated carbocycles. The van der Waals surface area contributed by atoms with Crippen LogP contribution in [0.4, 0.5) is 0 Å². The minimum absolute atomic E-state index is 0.0725. The molecule has 106 valence electrons. The fraction of sp³-hybridized carbons (Fsp3) is 0.917. The number of nitrogens with two attached hydrogens (primary N) is 1. The lowest BCUT2D eigenvalue weighted by atomic mass is 9.79. The highest BCUT2D eigenvalue weighted by atomic mass is 32.2. The predicted molar refractivity (Wildman–Crippen MR) is 71.3 cm³/mol. The van der Waals surface area contributed by atoms with E-state index in [0.29, 0.717) is 18.3 Å². The van der Waals surface area contributed by atoms with E-state index in [1.807, 2.05) is 0 Å². The van der Waals surface area contributed by atoms with Gasteiger partial charge in [-0.2, -0.15) is 0 Å². The third kappa shape index (κ3) is 6.35. The molecule has 5 nitrogen and oxygen atoms in total. The molecule has 1 rings (SSSR count). The van der Waals surface area contributed by atoms with Crippen molar-refractivity contribution in [3.63, 3.8) is 0 Å². The quantitative estimate of drug-likeness (QED) is 0.758. The molecule has 18 heavy (non-hydrogen) atoms. The lowest BCUT2D eigenvalue weighted by molar-refractivity contribution is -0.122. The van der Waals surface area contributed by atoms with Crippen molar-refractivity contribution in [1.29, 1.82) is 0 Å². The molecule has 0 aromatic rings. The highest BCUT2D eigenvalue weighted by Crippen LogP contribution is 2.31. The molecule has 1 atom stereocenters. The van der Waals surface area contributed by atoms with Crippen LogP contribution in [0.1, 0.15) is 45.4 Å². The number of hydrogen-bond acceptors (Lipinski definition) is 3. The van der Waals surface area contributed by atoms with E-state index in [1.165, 1.54) is 32.1 Å². The number of rotatable bonds is 6. The first kappa shape index (κ1) is 15.4. The van der Waals surface area contributed by atoms with Crippen LogP contribution in [0, 0.1) is 11.8 Å². The Balaban J connectivity index is 2.22. The highest BCUT2D eigenvalue weighted by molar-refractivity contribution is 7.89. The summed E-state index contributed by atoms with van der Waals surface area (Å²) in [6.45, 7) is 2.21. The molecule has 1 fully saturated rings. The summed E-state index contributed by atoms with van der Waals surface area (Å²) in [6.07, 6.45) is 6.75. The van der Waals surface area contributed by atoms with Crippen LogP contribution in [0.15, 0.2) is 0 Å². The number of sulfonamides is 1. The molecule has 0 aromatic heterocycles.